The van der Waals surface area contributed by atoms with Gasteiger partial charge in [-0.15, -0.1) is 0 Å². The maximum atomic E-state index is 4.92. The second-order valence-electron chi connectivity index (χ2n) is 6.04. The molecule has 0 N–H and O–H groups in total. The van der Waals surface area contributed by atoms with Gasteiger partial charge in [-0.1, -0.05) is 45.8 Å². The summed E-state index contributed by atoms with van der Waals surface area (Å²) in [4.78, 5) is 4.92. The summed E-state index contributed by atoms with van der Waals surface area (Å²) in [6.45, 7) is 10.7. The van der Waals surface area contributed by atoms with Crippen LogP contribution in [0.4, 0.5) is 0 Å². The van der Waals surface area contributed by atoms with E-state index >= 15 is 0 Å². The number of aliphatic imine (C=N–C) groups is 1. The van der Waals surface area contributed by atoms with E-state index in [9.17, 15) is 0 Å². The number of unbranched alkanes of at least 4 members (excludes halogenated alkanes) is 1. The summed E-state index contributed by atoms with van der Waals surface area (Å²) in [6.07, 6.45) is 9.36. The van der Waals surface area contributed by atoms with Crippen LogP contribution in [0.1, 0.15) is 51.9 Å². The summed E-state index contributed by atoms with van der Waals surface area (Å²) < 4.78 is 0. The summed E-state index contributed by atoms with van der Waals surface area (Å²) >= 11 is 2.27. The highest BCUT2D eigenvalue weighted by Crippen LogP contribution is 2.32. The van der Waals surface area contributed by atoms with E-state index in [-0.39, 0.29) is 0 Å². The molecule has 0 aromatic rings. The van der Waals surface area contributed by atoms with E-state index < -0.39 is 7.22 Å². The van der Waals surface area contributed by atoms with Gasteiger partial charge in [-0.3, -0.25) is 4.99 Å². The first-order valence-corrected chi connectivity index (χ1v) is 12.3. The molecule has 1 aliphatic carbocycles. The van der Waals surface area contributed by atoms with Crippen molar-refractivity contribution in [3.8, 4) is 0 Å². The van der Waals surface area contributed by atoms with Gasteiger partial charge in [0.2, 0.25) is 0 Å². The smallest absolute Gasteiger partial charge is 0.109 e. The van der Waals surface area contributed by atoms with Crippen molar-refractivity contribution >= 4 is 24.1 Å². The third-order valence-electron chi connectivity index (χ3n) is 3.09. The number of nitrogens with zero attached hydrogens (tertiary/aromatic N) is 1. The van der Waals surface area contributed by atoms with Crippen LogP contribution in [0.15, 0.2) is 4.99 Å². The van der Waals surface area contributed by atoms with E-state index in [4.69, 9.17) is 4.99 Å². The molecule has 1 nitrogen and oxygen atoms in total. The first-order valence-electron chi connectivity index (χ1n) is 7.24. The molecular formula is C14H29NSSi. The van der Waals surface area contributed by atoms with E-state index in [1.807, 2.05) is 0 Å². The molecule has 0 aliphatic heterocycles. The minimum absolute atomic E-state index is 0.751. The first-order chi connectivity index (χ1) is 8.03. The van der Waals surface area contributed by atoms with Crippen LogP contribution >= 0.6 is 11.2 Å². The maximum absolute atomic E-state index is 4.92. The summed E-state index contributed by atoms with van der Waals surface area (Å²) in [5.41, 5.74) is 1.54. The minimum atomic E-state index is -1.02. The fourth-order valence-corrected chi connectivity index (χ4v) is 7.04. The zero-order valence-electron chi connectivity index (χ0n) is 12.1. The lowest BCUT2D eigenvalue weighted by Crippen LogP contribution is -2.26. The first kappa shape index (κ1) is 15.3. The van der Waals surface area contributed by atoms with Crippen LogP contribution in [0.25, 0.3) is 0 Å². The van der Waals surface area contributed by atoms with Gasteiger partial charge in [0, 0.05) is 17.5 Å². The molecule has 1 aliphatic rings. The highest BCUT2D eigenvalue weighted by Gasteiger charge is 2.25. The molecule has 17 heavy (non-hydrogen) atoms. The van der Waals surface area contributed by atoms with E-state index in [0.717, 1.165) is 11.8 Å². The van der Waals surface area contributed by atoms with Gasteiger partial charge >= 0.3 is 0 Å². The van der Waals surface area contributed by atoms with Crippen LogP contribution in [0.3, 0.4) is 0 Å². The van der Waals surface area contributed by atoms with Gasteiger partial charge < -0.3 is 0 Å². The zero-order valence-corrected chi connectivity index (χ0v) is 13.9. The highest BCUT2D eigenvalue weighted by molar-refractivity contribution is 8.29. The fourth-order valence-electron chi connectivity index (χ4n) is 2.26. The molecule has 0 bridgehead atoms. The monoisotopic (exact) mass is 271 g/mol. The van der Waals surface area contributed by atoms with Gasteiger partial charge in [0.1, 0.15) is 7.22 Å². The molecule has 1 rings (SSSR count). The number of hydrogen-bond donors (Lipinski definition) is 0. The van der Waals surface area contributed by atoms with Crippen LogP contribution in [0, 0.1) is 0 Å². The van der Waals surface area contributed by atoms with Gasteiger partial charge in [-0.2, -0.15) is 11.2 Å². The van der Waals surface area contributed by atoms with Crippen molar-refractivity contribution in [2.24, 2.45) is 4.99 Å². The quantitative estimate of drug-likeness (QED) is 0.384. The molecule has 100 valence electrons. The Morgan fingerprint density at radius 2 is 2.00 bits per heavy atom. The van der Waals surface area contributed by atoms with E-state index in [2.05, 4.69) is 37.8 Å². The molecular weight excluding hydrogens is 242 g/mol. The van der Waals surface area contributed by atoms with Crippen molar-refractivity contribution in [2.75, 3.05) is 6.54 Å². The lowest BCUT2D eigenvalue weighted by atomic mass is 10.1. The van der Waals surface area contributed by atoms with Crippen LogP contribution < -0.4 is 0 Å². The van der Waals surface area contributed by atoms with E-state index in [1.54, 1.807) is 5.71 Å². The minimum Gasteiger partial charge on any atom is -0.293 e. The Labute approximate surface area is 113 Å². The second-order valence-corrected chi connectivity index (χ2v) is 15.5. The molecule has 1 unspecified atom stereocenters. The zero-order chi connectivity index (χ0) is 12.7. The third kappa shape index (κ3) is 6.66. The van der Waals surface area contributed by atoms with Gasteiger partial charge in [-0.25, -0.2) is 0 Å². The topological polar surface area (TPSA) is 12.4 Å². The molecule has 1 saturated carbocycles. The maximum Gasteiger partial charge on any atom is 0.109 e. The molecule has 3 heteroatoms. The van der Waals surface area contributed by atoms with Gasteiger partial charge in [0.05, 0.1) is 0 Å². The Balaban J connectivity index is 2.62. The summed E-state index contributed by atoms with van der Waals surface area (Å²) in [6, 6.07) is 0. The lowest BCUT2D eigenvalue weighted by Gasteiger charge is -2.24. The fraction of sp³-hybridized carbons (Fsp3) is 0.929. The summed E-state index contributed by atoms with van der Waals surface area (Å²) in [5.74, 6) is 0. The van der Waals surface area contributed by atoms with E-state index in [0.29, 0.717) is 0 Å². The van der Waals surface area contributed by atoms with Crippen molar-refractivity contribution in [1.82, 2.24) is 0 Å². The standard InChI is InChI=1S/C14H29NSSi/c1-5-6-12-15-13-10-8-7-9-11-14(13)16-17(2,3)4/h14H,5-12H2,1-4H3. The lowest BCUT2D eigenvalue weighted by molar-refractivity contribution is 0.706. The SMILES string of the molecule is CCCCN=C1CCCCCC1S[Si](C)(C)C. The van der Waals surface area contributed by atoms with Crippen molar-refractivity contribution < 1.29 is 0 Å². The van der Waals surface area contributed by atoms with Crippen LogP contribution in [-0.2, 0) is 0 Å². The average molecular weight is 272 g/mol. The van der Waals surface area contributed by atoms with Gasteiger partial charge in [0.15, 0.2) is 0 Å². The Bertz CT molecular complexity index is 245. The Morgan fingerprint density at radius 3 is 2.65 bits per heavy atom. The molecule has 0 saturated heterocycles. The van der Waals surface area contributed by atoms with Crippen molar-refractivity contribution in [3.05, 3.63) is 0 Å². The average Bonchev–Trinajstić information content (AvgIpc) is 2.43. The Kier molecular flexibility index (Phi) is 6.86. The van der Waals surface area contributed by atoms with Crippen molar-refractivity contribution in [2.45, 2.75) is 76.8 Å². The molecule has 0 aromatic carbocycles. The van der Waals surface area contributed by atoms with Crippen molar-refractivity contribution in [3.63, 3.8) is 0 Å². The van der Waals surface area contributed by atoms with Gasteiger partial charge in [-0.05, 0) is 25.7 Å². The second kappa shape index (κ2) is 7.62. The molecule has 0 spiro atoms. The van der Waals surface area contributed by atoms with Crippen molar-refractivity contribution in [1.29, 1.82) is 0 Å². The third-order valence-corrected chi connectivity index (χ3v) is 7.57. The Morgan fingerprint density at radius 1 is 1.24 bits per heavy atom. The number of rotatable bonds is 5. The molecule has 0 heterocycles. The molecule has 1 fully saturated rings. The van der Waals surface area contributed by atoms with E-state index in [1.165, 1.54) is 44.9 Å². The highest BCUT2D eigenvalue weighted by atomic mass is 32.4. The van der Waals surface area contributed by atoms with Crippen LogP contribution in [-0.4, -0.2) is 24.7 Å². The molecule has 0 aromatic heterocycles. The molecule has 0 radical (unpaired) electrons. The Hall–Kier alpha value is 0.237. The van der Waals surface area contributed by atoms with Gasteiger partial charge in [0.25, 0.3) is 0 Å². The summed E-state index contributed by atoms with van der Waals surface area (Å²) in [7, 11) is -1.02. The molecule has 0 amide bonds. The van der Waals surface area contributed by atoms with Crippen LogP contribution in [0.2, 0.25) is 19.6 Å². The predicted molar refractivity (Wildman–Crippen MR) is 85.0 cm³/mol. The largest absolute Gasteiger partial charge is 0.293 e. The molecule has 1 atom stereocenters. The van der Waals surface area contributed by atoms with Crippen LogP contribution in [0.5, 0.6) is 0 Å². The normalized spacial score (nSPS) is 24.9. The predicted octanol–water partition coefficient (Wildman–Crippen LogP) is 5.13. The number of hydrogen-bond acceptors (Lipinski definition) is 2. The summed E-state index contributed by atoms with van der Waals surface area (Å²) in [5, 5.41) is 0.751.